The summed E-state index contributed by atoms with van der Waals surface area (Å²) in [6.45, 7) is 0.411. The van der Waals surface area contributed by atoms with Crippen LogP contribution in [0.1, 0.15) is 22.7 Å². The first kappa shape index (κ1) is 23.9. The Bertz CT molecular complexity index is 1090. The van der Waals surface area contributed by atoms with E-state index in [-0.39, 0.29) is 22.4 Å². The standard InChI is InChI=1S/C21H19Cl2N3O5S/c1-29-20(28)14-5-2-3-6-16(14)24-18(27)12-32-21-26-25-19(31-21)7-4-10-30-17-9-8-13(22)11-15(17)23/h2-3,5-6,8-9,11H,4,7,10,12H2,1H3,(H,24,27). The molecule has 0 spiro atoms. The lowest BCUT2D eigenvalue weighted by atomic mass is 10.2. The maximum atomic E-state index is 12.2. The van der Waals surface area contributed by atoms with Crippen molar-refractivity contribution < 1.29 is 23.5 Å². The van der Waals surface area contributed by atoms with Gasteiger partial charge in [-0.2, -0.15) is 0 Å². The Labute approximate surface area is 198 Å². The van der Waals surface area contributed by atoms with Gasteiger partial charge in [0.15, 0.2) is 0 Å². The van der Waals surface area contributed by atoms with Crippen LogP contribution in [0.4, 0.5) is 5.69 Å². The number of ether oxygens (including phenoxy) is 2. The Kier molecular flexibility index (Phi) is 8.78. The molecule has 0 radical (unpaired) electrons. The summed E-state index contributed by atoms with van der Waals surface area (Å²) < 4.78 is 15.9. The van der Waals surface area contributed by atoms with Crippen molar-refractivity contribution in [2.75, 3.05) is 24.8 Å². The molecule has 0 saturated heterocycles. The number of aromatic nitrogens is 2. The number of methoxy groups -OCH3 is 1. The SMILES string of the molecule is COC(=O)c1ccccc1NC(=O)CSc1nnc(CCCOc2ccc(Cl)cc2Cl)o1. The van der Waals surface area contributed by atoms with Crippen LogP contribution in [0.3, 0.4) is 0 Å². The number of aryl methyl sites for hydroxylation is 1. The van der Waals surface area contributed by atoms with Gasteiger partial charge in [-0.1, -0.05) is 47.1 Å². The average molecular weight is 496 g/mol. The number of carbonyl (C=O) groups excluding carboxylic acids is 2. The van der Waals surface area contributed by atoms with E-state index in [9.17, 15) is 9.59 Å². The minimum Gasteiger partial charge on any atom is -0.492 e. The number of rotatable bonds is 10. The Hall–Kier alpha value is -2.75. The lowest BCUT2D eigenvalue weighted by molar-refractivity contribution is -0.113. The molecule has 0 saturated carbocycles. The molecule has 0 fully saturated rings. The second kappa shape index (κ2) is 11.8. The van der Waals surface area contributed by atoms with Gasteiger partial charge in [0.05, 0.1) is 35.7 Å². The zero-order chi connectivity index (χ0) is 22.9. The molecule has 11 heteroatoms. The monoisotopic (exact) mass is 495 g/mol. The van der Waals surface area contributed by atoms with Crippen molar-refractivity contribution in [2.45, 2.75) is 18.1 Å². The third-order valence-electron chi connectivity index (χ3n) is 4.07. The highest BCUT2D eigenvalue weighted by Gasteiger charge is 2.15. The molecule has 168 valence electrons. The number of hydrogen-bond donors (Lipinski definition) is 1. The predicted molar refractivity (Wildman–Crippen MR) is 122 cm³/mol. The minimum atomic E-state index is -0.530. The number of esters is 1. The summed E-state index contributed by atoms with van der Waals surface area (Å²) in [6.07, 6.45) is 1.15. The van der Waals surface area contributed by atoms with Crippen molar-refractivity contribution in [3.8, 4) is 5.75 Å². The number of nitrogens with zero attached hydrogens (tertiary/aromatic N) is 2. The van der Waals surface area contributed by atoms with Crippen LogP contribution in [0.5, 0.6) is 5.75 Å². The molecule has 1 amide bonds. The summed E-state index contributed by atoms with van der Waals surface area (Å²) >= 11 is 13.0. The number of carbonyl (C=O) groups is 2. The molecule has 0 aliphatic rings. The number of para-hydroxylation sites is 1. The molecule has 0 aliphatic heterocycles. The van der Waals surface area contributed by atoms with Gasteiger partial charge in [0.2, 0.25) is 11.8 Å². The van der Waals surface area contributed by atoms with Crippen molar-refractivity contribution in [2.24, 2.45) is 0 Å². The largest absolute Gasteiger partial charge is 0.492 e. The Morgan fingerprint density at radius 2 is 1.97 bits per heavy atom. The number of thioether (sulfide) groups is 1. The Morgan fingerprint density at radius 3 is 2.75 bits per heavy atom. The molecular weight excluding hydrogens is 477 g/mol. The summed E-state index contributed by atoms with van der Waals surface area (Å²) in [6, 6.07) is 11.6. The van der Waals surface area contributed by atoms with Crippen molar-refractivity contribution in [1.82, 2.24) is 10.2 Å². The summed E-state index contributed by atoms with van der Waals surface area (Å²) in [5.74, 6) is 0.180. The van der Waals surface area contributed by atoms with Crippen molar-refractivity contribution in [3.63, 3.8) is 0 Å². The van der Waals surface area contributed by atoms with Crippen LogP contribution in [-0.2, 0) is 16.0 Å². The van der Waals surface area contributed by atoms with E-state index in [1.165, 1.54) is 7.11 Å². The second-order valence-electron chi connectivity index (χ2n) is 6.36. The van der Waals surface area contributed by atoms with Gasteiger partial charge in [-0.25, -0.2) is 4.79 Å². The molecule has 32 heavy (non-hydrogen) atoms. The molecule has 2 aromatic carbocycles. The van der Waals surface area contributed by atoms with Crippen LogP contribution in [0.15, 0.2) is 52.1 Å². The van der Waals surface area contributed by atoms with Crippen LogP contribution in [0.2, 0.25) is 10.0 Å². The zero-order valence-electron chi connectivity index (χ0n) is 17.0. The highest BCUT2D eigenvalue weighted by molar-refractivity contribution is 7.99. The number of benzene rings is 2. The van der Waals surface area contributed by atoms with Crippen molar-refractivity contribution in [1.29, 1.82) is 0 Å². The molecule has 0 atom stereocenters. The fourth-order valence-corrected chi connectivity index (χ4v) is 3.63. The zero-order valence-corrected chi connectivity index (χ0v) is 19.3. The van der Waals surface area contributed by atoms with E-state index in [4.69, 9.17) is 37.1 Å². The lowest BCUT2D eigenvalue weighted by Gasteiger charge is -2.08. The summed E-state index contributed by atoms with van der Waals surface area (Å²) in [4.78, 5) is 24.0. The van der Waals surface area contributed by atoms with Crippen LogP contribution in [-0.4, -0.2) is 41.5 Å². The molecule has 0 bridgehead atoms. The molecule has 0 unspecified atom stereocenters. The second-order valence-corrected chi connectivity index (χ2v) is 8.13. The number of hydrogen-bond acceptors (Lipinski definition) is 8. The van der Waals surface area contributed by atoms with E-state index in [2.05, 4.69) is 15.5 Å². The first-order chi connectivity index (χ1) is 15.5. The van der Waals surface area contributed by atoms with Crippen LogP contribution in [0, 0.1) is 0 Å². The number of nitrogens with one attached hydrogen (secondary N) is 1. The van der Waals surface area contributed by atoms with Gasteiger partial charge >= 0.3 is 5.97 Å². The average Bonchev–Trinajstić information content (AvgIpc) is 3.24. The smallest absolute Gasteiger partial charge is 0.339 e. The normalized spacial score (nSPS) is 10.6. The highest BCUT2D eigenvalue weighted by Crippen LogP contribution is 2.27. The molecule has 8 nitrogen and oxygen atoms in total. The summed E-state index contributed by atoms with van der Waals surface area (Å²) in [7, 11) is 1.28. The summed E-state index contributed by atoms with van der Waals surface area (Å²) in [5, 5.41) is 11.8. The van der Waals surface area contributed by atoms with E-state index in [1.807, 2.05) is 0 Å². The lowest BCUT2D eigenvalue weighted by Crippen LogP contribution is -2.17. The molecule has 3 rings (SSSR count). The molecule has 1 N–H and O–H groups in total. The number of anilines is 1. The van der Waals surface area contributed by atoms with E-state index in [0.717, 1.165) is 11.8 Å². The number of halogens is 2. The predicted octanol–water partition coefficient (Wildman–Crippen LogP) is 4.91. The quantitative estimate of drug-likeness (QED) is 0.240. The fraction of sp³-hybridized carbons (Fsp3) is 0.238. The maximum absolute atomic E-state index is 12.2. The van der Waals surface area contributed by atoms with Gasteiger partial charge in [0.1, 0.15) is 5.75 Å². The van der Waals surface area contributed by atoms with Crippen LogP contribution in [0.25, 0.3) is 0 Å². The first-order valence-corrected chi connectivity index (χ1v) is 11.2. The fourth-order valence-electron chi connectivity index (χ4n) is 2.59. The van der Waals surface area contributed by atoms with E-state index >= 15 is 0 Å². The van der Waals surface area contributed by atoms with Crippen molar-refractivity contribution in [3.05, 3.63) is 64.0 Å². The third-order valence-corrected chi connectivity index (χ3v) is 5.42. The molecule has 3 aromatic rings. The van der Waals surface area contributed by atoms with E-state index in [1.54, 1.807) is 42.5 Å². The summed E-state index contributed by atoms with van der Waals surface area (Å²) in [5.41, 5.74) is 0.646. The number of amides is 1. The maximum Gasteiger partial charge on any atom is 0.339 e. The minimum absolute atomic E-state index is 0.0370. The van der Waals surface area contributed by atoms with Gasteiger partial charge < -0.3 is 19.2 Å². The first-order valence-electron chi connectivity index (χ1n) is 9.46. The van der Waals surface area contributed by atoms with Gasteiger partial charge in [-0.3, -0.25) is 4.79 Å². The Morgan fingerprint density at radius 1 is 1.16 bits per heavy atom. The van der Waals surface area contributed by atoms with E-state index in [0.29, 0.717) is 46.8 Å². The molecule has 1 heterocycles. The van der Waals surface area contributed by atoms with Crippen LogP contribution >= 0.6 is 35.0 Å². The molecule has 1 aromatic heterocycles. The third kappa shape index (κ3) is 6.88. The highest BCUT2D eigenvalue weighted by atomic mass is 35.5. The topological polar surface area (TPSA) is 104 Å². The Balaban J connectivity index is 1.42. The van der Waals surface area contributed by atoms with Gasteiger partial charge in [-0.15, -0.1) is 10.2 Å². The van der Waals surface area contributed by atoms with Crippen LogP contribution < -0.4 is 10.1 Å². The van der Waals surface area contributed by atoms with E-state index < -0.39 is 5.97 Å². The van der Waals surface area contributed by atoms with Gasteiger partial charge in [0.25, 0.3) is 5.22 Å². The van der Waals surface area contributed by atoms with Crippen molar-refractivity contribution >= 4 is 52.5 Å². The molecular formula is C21H19Cl2N3O5S. The van der Waals surface area contributed by atoms with Gasteiger partial charge in [0, 0.05) is 11.4 Å². The molecule has 0 aliphatic carbocycles. The van der Waals surface area contributed by atoms with Gasteiger partial charge in [-0.05, 0) is 36.8 Å².